The number of carbonyl (C=O) groups is 1. The molecule has 0 bridgehead atoms. The largest absolute Gasteiger partial charge is 0.481 e. The fourth-order valence-electron chi connectivity index (χ4n) is 2.86. The van der Waals surface area contributed by atoms with E-state index in [1.54, 1.807) is 0 Å². The quantitative estimate of drug-likeness (QED) is 0.861. The molecule has 1 aliphatic carbocycles. The van der Waals surface area contributed by atoms with E-state index in [0.29, 0.717) is 5.92 Å². The van der Waals surface area contributed by atoms with E-state index in [4.69, 9.17) is 0 Å². The van der Waals surface area contributed by atoms with Gasteiger partial charge in [-0.15, -0.1) is 0 Å². The molecule has 92 valence electrons. The molecule has 0 amide bonds. The second-order valence-corrected chi connectivity index (χ2v) is 5.12. The van der Waals surface area contributed by atoms with E-state index in [0.717, 1.165) is 18.4 Å². The molecule has 0 spiro atoms. The van der Waals surface area contributed by atoms with Gasteiger partial charge in [0.1, 0.15) is 0 Å². The van der Waals surface area contributed by atoms with Crippen LogP contribution in [-0.4, -0.2) is 11.1 Å². The lowest BCUT2D eigenvalue weighted by molar-refractivity contribution is -0.140. The van der Waals surface area contributed by atoms with Gasteiger partial charge in [0.2, 0.25) is 0 Å². The SMILES string of the molecule is Cc1ccc(C(C(=O)O)C2CCCCC2)cc1. The standard InChI is InChI=1S/C15H20O2/c1-11-7-9-13(10-8-11)14(15(16)17)12-5-3-2-4-6-12/h7-10,12,14H,2-6H2,1H3,(H,16,17). The summed E-state index contributed by atoms with van der Waals surface area (Å²) < 4.78 is 0. The minimum Gasteiger partial charge on any atom is -0.481 e. The normalized spacial score (nSPS) is 18.9. The number of benzene rings is 1. The zero-order valence-electron chi connectivity index (χ0n) is 10.4. The van der Waals surface area contributed by atoms with Crippen LogP contribution in [0, 0.1) is 12.8 Å². The molecule has 1 N–H and O–H groups in total. The van der Waals surface area contributed by atoms with Gasteiger partial charge in [0, 0.05) is 0 Å². The van der Waals surface area contributed by atoms with Gasteiger partial charge in [-0.05, 0) is 31.2 Å². The molecule has 2 nitrogen and oxygen atoms in total. The molecule has 1 unspecified atom stereocenters. The van der Waals surface area contributed by atoms with E-state index in [-0.39, 0.29) is 5.92 Å². The molecule has 0 aromatic heterocycles. The van der Waals surface area contributed by atoms with Crippen LogP contribution in [0.3, 0.4) is 0 Å². The highest BCUT2D eigenvalue weighted by atomic mass is 16.4. The van der Waals surface area contributed by atoms with Gasteiger partial charge in [0.25, 0.3) is 0 Å². The van der Waals surface area contributed by atoms with Crippen LogP contribution in [0.2, 0.25) is 0 Å². The number of hydrogen-bond donors (Lipinski definition) is 1. The average Bonchev–Trinajstić information content (AvgIpc) is 2.33. The van der Waals surface area contributed by atoms with Crippen molar-refractivity contribution in [2.75, 3.05) is 0 Å². The monoisotopic (exact) mass is 232 g/mol. The predicted octanol–water partition coefficient (Wildman–Crippen LogP) is 3.74. The fourth-order valence-corrected chi connectivity index (χ4v) is 2.86. The molecule has 1 atom stereocenters. The summed E-state index contributed by atoms with van der Waals surface area (Å²) in [7, 11) is 0. The van der Waals surface area contributed by atoms with E-state index >= 15 is 0 Å². The van der Waals surface area contributed by atoms with Crippen molar-refractivity contribution in [1.29, 1.82) is 0 Å². The van der Waals surface area contributed by atoms with Gasteiger partial charge >= 0.3 is 5.97 Å². The Kier molecular flexibility index (Phi) is 3.82. The third-order valence-corrected chi connectivity index (χ3v) is 3.82. The summed E-state index contributed by atoms with van der Waals surface area (Å²) in [4.78, 5) is 11.5. The first-order valence-corrected chi connectivity index (χ1v) is 6.48. The van der Waals surface area contributed by atoms with Crippen molar-refractivity contribution < 1.29 is 9.90 Å². The fraction of sp³-hybridized carbons (Fsp3) is 0.533. The van der Waals surface area contributed by atoms with Crippen LogP contribution < -0.4 is 0 Å². The zero-order valence-corrected chi connectivity index (χ0v) is 10.4. The van der Waals surface area contributed by atoms with Crippen LogP contribution >= 0.6 is 0 Å². The van der Waals surface area contributed by atoms with Crippen LogP contribution in [0.1, 0.15) is 49.1 Å². The molecular formula is C15H20O2. The molecule has 0 heterocycles. The zero-order chi connectivity index (χ0) is 12.3. The maximum Gasteiger partial charge on any atom is 0.311 e. The summed E-state index contributed by atoms with van der Waals surface area (Å²) in [6.07, 6.45) is 5.74. The molecular weight excluding hydrogens is 212 g/mol. The third kappa shape index (κ3) is 2.87. The van der Waals surface area contributed by atoms with Gasteiger partial charge in [0.15, 0.2) is 0 Å². The molecule has 2 rings (SSSR count). The number of rotatable bonds is 3. The summed E-state index contributed by atoms with van der Waals surface area (Å²) in [5.74, 6) is -0.652. The van der Waals surface area contributed by atoms with Crippen molar-refractivity contribution in [3.05, 3.63) is 35.4 Å². The van der Waals surface area contributed by atoms with Crippen molar-refractivity contribution in [2.24, 2.45) is 5.92 Å². The number of aliphatic carboxylic acids is 1. The minimum absolute atomic E-state index is 0.309. The second kappa shape index (κ2) is 5.35. The second-order valence-electron chi connectivity index (χ2n) is 5.12. The molecule has 1 aliphatic rings. The maximum atomic E-state index is 11.5. The van der Waals surface area contributed by atoms with Crippen LogP contribution in [0.4, 0.5) is 0 Å². The molecule has 0 aliphatic heterocycles. The minimum atomic E-state index is -0.666. The average molecular weight is 232 g/mol. The molecule has 1 aromatic rings. The Morgan fingerprint density at radius 1 is 1.18 bits per heavy atom. The predicted molar refractivity (Wildman–Crippen MR) is 68.1 cm³/mol. The number of hydrogen-bond acceptors (Lipinski definition) is 1. The number of aryl methyl sites for hydroxylation is 1. The van der Waals surface area contributed by atoms with Gasteiger partial charge in [-0.3, -0.25) is 4.79 Å². The summed E-state index contributed by atoms with van der Waals surface area (Å²) in [5, 5.41) is 9.45. The van der Waals surface area contributed by atoms with E-state index in [1.165, 1.54) is 24.8 Å². The Morgan fingerprint density at radius 3 is 2.29 bits per heavy atom. The van der Waals surface area contributed by atoms with E-state index in [9.17, 15) is 9.90 Å². The van der Waals surface area contributed by atoms with Crippen LogP contribution in [0.15, 0.2) is 24.3 Å². The topological polar surface area (TPSA) is 37.3 Å². The van der Waals surface area contributed by atoms with Crippen LogP contribution in [0.25, 0.3) is 0 Å². The van der Waals surface area contributed by atoms with Crippen molar-refractivity contribution in [3.63, 3.8) is 0 Å². The van der Waals surface area contributed by atoms with Crippen molar-refractivity contribution in [2.45, 2.75) is 44.9 Å². The first kappa shape index (κ1) is 12.2. The highest BCUT2D eigenvalue weighted by Gasteiger charge is 2.30. The first-order valence-electron chi connectivity index (χ1n) is 6.48. The Labute approximate surface area is 103 Å². The Bertz CT molecular complexity index is 374. The molecule has 0 saturated heterocycles. The van der Waals surface area contributed by atoms with Gasteiger partial charge in [-0.25, -0.2) is 0 Å². The van der Waals surface area contributed by atoms with E-state index < -0.39 is 5.97 Å². The molecule has 0 radical (unpaired) electrons. The number of carboxylic acids is 1. The third-order valence-electron chi connectivity index (χ3n) is 3.82. The highest BCUT2D eigenvalue weighted by molar-refractivity contribution is 5.76. The summed E-state index contributed by atoms with van der Waals surface area (Å²) in [6, 6.07) is 7.97. The first-order chi connectivity index (χ1) is 8.18. The van der Waals surface area contributed by atoms with E-state index in [2.05, 4.69) is 0 Å². The van der Waals surface area contributed by atoms with Gasteiger partial charge in [-0.1, -0.05) is 49.1 Å². The Balaban J connectivity index is 2.21. The van der Waals surface area contributed by atoms with Crippen LogP contribution in [-0.2, 0) is 4.79 Å². The summed E-state index contributed by atoms with van der Waals surface area (Å²) >= 11 is 0. The molecule has 17 heavy (non-hydrogen) atoms. The van der Waals surface area contributed by atoms with Gasteiger partial charge in [0.05, 0.1) is 5.92 Å². The van der Waals surface area contributed by atoms with Gasteiger partial charge < -0.3 is 5.11 Å². The van der Waals surface area contributed by atoms with E-state index in [1.807, 2.05) is 31.2 Å². The lowest BCUT2D eigenvalue weighted by Crippen LogP contribution is -2.23. The Morgan fingerprint density at radius 2 is 1.76 bits per heavy atom. The smallest absolute Gasteiger partial charge is 0.311 e. The van der Waals surface area contributed by atoms with Crippen molar-refractivity contribution in [3.8, 4) is 0 Å². The van der Waals surface area contributed by atoms with Gasteiger partial charge in [-0.2, -0.15) is 0 Å². The molecule has 1 aromatic carbocycles. The highest BCUT2D eigenvalue weighted by Crippen LogP contribution is 2.36. The summed E-state index contributed by atoms with van der Waals surface area (Å²) in [6.45, 7) is 2.03. The summed E-state index contributed by atoms with van der Waals surface area (Å²) in [5.41, 5.74) is 2.15. The van der Waals surface area contributed by atoms with Crippen molar-refractivity contribution >= 4 is 5.97 Å². The molecule has 1 fully saturated rings. The lowest BCUT2D eigenvalue weighted by Gasteiger charge is -2.27. The Hall–Kier alpha value is -1.31. The lowest BCUT2D eigenvalue weighted by atomic mass is 9.77. The molecule has 2 heteroatoms. The number of carboxylic acid groups (broad SMARTS) is 1. The van der Waals surface area contributed by atoms with Crippen LogP contribution in [0.5, 0.6) is 0 Å². The molecule has 1 saturated carbocycles. The van der Waals surface area contributed by atoms with Crippen molar-refractivity contribution in [1.82, 2.24) is 0 Å². The maximum absolute atomic E-state index is 11.5.